The molecule has 5 unspecified atom stereocenters. The average Bonchev–Trinajstić information content (AvgIpc) is 3.02. The van der Waals surface area contributed by atoms with Gasteiger partial charge in [0.05, 0.1) is 18.6 Å². The third kappa shape index (κ3) is 2.83. The number of ether oxygens (including phenoxy) is 2. The lowest BCUT2D eigenvalue weighted by molar-refractivity contribution is -0.148. The number of carbonyl (C=O) groups excluding carboxylic acids is 2. The van der Waals surface area contributed by atoms with Crippen LogP contribution in [0, 0.1) is 11.8 Å². The van der Waals surface area contributed by atoms with Crippen LogP contribution in [0.15, 0.2) is 47.1 Å². The zero-order valence-corrected chi connectivity index (χ0v) is 15.0. The van der Waals surface area contributed by atoms with E-state index in [-0.39, 0.29) is 18.6 Å². The Morgan fingerprint density at radius 1 is 1.38 bits per heavy atom. The number of hydrogen-bond acceptors (Lipinski definition) is 6. The van der Waals surface area contributed by atoms with Crippen molar-refractivity contribution >= 4 is 11.9 Å². The zero-order chi connectivity index (χ0) is 19.2. The molecule has 0 aromatic rings. The smallest absolute Gasteiger partial charge is 0.334 e. The molecule has 0 aromatic heterocycles. The highest BCUT2D eigenvalue weighted by Gasteiger charge is 2.54. The predicted molar refractivity (Wildman–Crippen MR) is 93.8 cm³/mol. The SMILES string of the molecule is C=C1C(O)CC2=C(CO)CC(OC(=O)C(C)=CC)C3C(=C)C(=O)OC3C12. The molecule has 0 amide bonds. The van der Waals surface area contributed by atoms with Gasteiger partial charge in [0.25, 0.3) is 0 Å². The highest BCUT2D eigenvalue weighted by molar-refractivity contribution is 5.92. The van der Waals surface area contributed by atoms with Gasteiger partial charge in [0, 0.05) is 23.5 Å². The molecule has 0 aromatic carbocycles. The van der Waals surface area contributed by atoms with Crippen LogP contribution in [0.25, 0.3) is 0 Å². The first-order chi connectivity index (χ1) is 12.3. The molecule has 3 aliphatic rings. The third-order valence-corrected chi connectivity index (χ3v) is 5.71. The summed E-state index contributed by atoms with van der Waals surface area (Å²) in [5.74, 6) is -1.93. The third-order valence-electron chi connectivity index (χ3n) is 5.71. The van der Waals surface area contributed by atoms with E-state index in [2.05, 4.69) is 13.2 Å². The number of allylic oxidation sites excluding steroid dienone is 1. The van der Waals surface area contributed by atoms with Gasteiger partial charge in [0.1, 0.15) is 12.2 Å². The second kappa shape index (κ2) is 6.85. The lowest BCUT2D eigenvalue weighted by Gasteiger charge is -2.28. The van der Waals surface area contributed by atoms with Crippen LogP contribution < -0.4 is 0 Å². The van der Waals surface area contributed by atoms with Crippen LogP contribution in [-0.4, -0.2) is 47.1 Å². The Morgan fingerprint density at radius 3 is 2.69 bits per heavy atom. The number of aliphatic hydroxyl groups is 2. The summed E-state index contributed by atoms with van der Waals surface area (Å²) < 4.78 is 11.2. The van der Waals surface area contributed by atoms with E-state index in [4.69, 9.17) is 9.47 Å². The fourth-order valence-corrected chi connectivity index (χ4v) is 4.12. The van der Waals surface area contributed by atoms with Gasteiger partial charge in [-0.05, 0) is 31.4 Å². The molecule has 0 spiro atoms. The van der Waals surface area contributed by atoms with Crippen molar-refractivity contribution in [2.75, 3.05) is 6.61 Å². The second-order valence-corrected chi connectivity index (χ2v) is 7.10. The van der Waals surface area contributed by atoms with Gasteiger partial charge in [0.15, 0.2) is 0 Å². The van der Waals surface area contributed by atoms with Gasteiger partial charge in [-0.25, -0.2) is 9.59 Å². The summed E-state index contributed by atoms with van der Waals surface area (Å²) in [5, 5.41) is 20.1. The Bertz CT molecular complexity index is 743. The van der Waals surface area contributed by atoms with Gasteiger partial charge in [-0.15, -0.1) is 0 Å². The van der Waals surface area contributed by atoms with Gasteiger partial charge in [-0.2, -0.15) is 0 Å². The van der Waals surface area contributed by atoms with Gasteiger partial charge >= 0.3 is 11.9 Å². The van der Waals surface area contributed by atoms with Gasteiger partial charge in [-0.1, -0.05) is 24.8 Å². The van der Waals surface area contributed by atoms with E-state index in [1.54, 1.807) is 19.9 Å². The fraction of sp³-hybridized carbons (Fsp3) is 0.500. The molecule has 0 bridgehead atoms. The highest BCUT2D eigenvalue weighted by Crippen LogP contribution is 2.50. The summed E-state index contributed by atoms with van der Waals surface area (Å²) in [7, 11) is 0. The molecule has 140 valence electrons. The van der Waals surface area contributed by atoms with E-state index in [1.165, 1.54) is 0 Å². The molecule has 1 saturated carbocycles. The maximum Gasteiger partial charge on any atom is 0.334 e. The molecule has 1 aliphatic heterocycles. The Hall–Kier alpha value is -2.18. The molecule has 0 radical (unpaired) electrons. The highest BCUT2D eigenvalue weighted by atomic mass is 16.6. The molecular formula is C20H24O6. The topological polar surface area (TPSA) is 93.1 Å². The Balaban J connectivity index is 2.05. The molecule has 5 atom stereocenters. The normalized spacial score (nSPS) is 34.4. The molecule has 6 heteroatoms. The Kier molecular flexibility index (Phi) is 4.90. The van der Waals surface area contributed by atoms with Crippen LogP contribution in [0.5, 0.6) is 0 Å². The van der Waals surface area contributed by atoms with E-state index in [9.17, 15) is 19.8 Å². The van der Waals surface area contributed by atoms with Crippen molar-refractivity contribution in [1.82, 2.24) is 0 Å². The number of aliphatic hydroxyl groups excluding tert-OH is 2. The quantitative estimate of drug-likeness (QED) is 0.451. The van der Waals surface area contributed by atoms with Gasteiger partial charge in [0.2, 0.25) is 0 Å². The van der Waals surface area contributed by atoms with Crippen LogP contribution >= 0.6 is 0 Å². The molecule has 26 heavy (non-hydrogen) atoms. The minimum absolute atomic E-state index is 0.220. The van der Waals surface area contributed by atoms with Crippen molar-refractivity contribution in [3.63, 3.8) is 0 Å². The minimum atomic E-state index is -0.742. The summed E-state index contributed by atoms with van der Waals surface area (Å²) in [4.78, 5) is 24.5. The lowest BCUT2D eigenvalue weighted by Crippen LogP contribution is -2.36. The summed E-state index contributed by atoms with van der Waals surface area (Å²) >= 11 is 0. The van der Waals surface area contributed by atoms with Crippen molar-refractivity contribution in [1.29, 1.82) is 0 Å². The van der Waals surface area contributed by atoms with Gasteiger partial charge in [-0.3, -0.25) is 0 Å². The Labute approximate surface area is 152 Å². The molecule has 2 aliphatic carbocycles. The van der Waals surface area contributed by atoms with Crippen LogP contribution in [0.2, 0.25) is 0 Å². The predicted octanol–water partition coefficient (Wildman–Crippen LogP) is 1.59. The largest absolute Gasteiger partial charge is 0.458 e. The molecule has 1 heterocycles. The number of esters is 2. The summed E-state index contributed by atoms with van der Waals surface area (Å²) in [6, 6.07) is 0. The molecule has 2 fully saturated rings. The number of rotatable bonds is 3. The molecule has 1 saturated heterocycles. The molecule has 2 N–H and O–H groups in total. The first kappa shape index (κ1) is 18.6. The lowest BCUT2D eigenvalue weighted by atomic mass is 9.82. The van der Waals surface area contributed by atoms with E-state index >= 15 is 0 Å². The Morgan fingerprint density at radius 2 is 2.08 bits per heavy atom. The fourth-order valence-electron chi connectivity index (χ4n) is 4.12. The summed E-state index contributed by atoms with van der Waals surface area (Å²) in [6.07, 6.45) is 0.200. The van der Waals surface area contributed by atoms with Crippen LogP contribution in [0.4, 0.5) is 0 Å². The van der Waals surface area contributed by atoms with Crippen LogP contribution in [0.3, 0.4) is 0 Å². The maximum absolute atomic E-state index is 12.3. The standard InChI is InChI=1S/C20H24O6/c1-5-9(2)19(23)25-15-6-12(8-21)13-7-14(22)10(3)16(13)18-17(15)11(4)20(24)26-18/h5,14-18,21-22H,3-4,6-8H2,1-2H3. The maximum atomic E-state index is 12.3. The van der Waals surface area contributed by atoms with Crippen molar-refractivity contribution in [2.45, 2.75) is 45.0 Å². The second-order valence-electron chi connectivity index (χ2n) is 7.10. The van der Waals surface area contributed by atoms with E-state index in [0.717, 1.165) is 5.57 Å². The van der Waals surface area contributed by atoms with Crippen LogP contribution in [0.1, 0.15) is 26.7 Å². The van der Waals surface area contributed by atoms with Crippen molar-refractivity contribution < 1.29 is 29.3 Å². The number of carbonyl (C=O) groups is 2. The van der Waals surface area contributed by atoms with Crippen molar-refractivity contribution in [3.8, 4) is 0 Å². The van der Waals surface area contributed by atoms with Gasteiger partial charge < -0.3 is 19.7 Å². The molecule has 6 nitrogen and oxygen atoms in total. The first-order valence-electron chi connectivity index (χ1n) is 8.72. The molecular weight excluding hydrogens is 336 g/mol. The minimum Gasteiger partial charge on any atom is -0.458 e. The average molecular weight is 360 g/mol. The zero-order valence-electron chi connectivity index (χ0n) is 15.0. The number of fused-ring (bicyclic) bond motifs is 3. The van der Waals surface area contributed by atoms with E-state index in [0.29, 0.717) is 23.1 Å². The van der Waals surface area contributed by atoms with E-state index in [1.807, 2.05) is 0 Å². The van der Waals surface area contributed by atoms with Crippen LogP contribution in [-0.2, 0) is 19.1 Å². The van der Waals surface area contributed by atoms with E-state index < -0.39 is 42.1 Å². The summed E-state index contributed by atoms with van der Waals surface area (Å²) in [5.41, 5.74) is 2.78. The van der Waals surface area contributed by atoms with Crippen molar-refractivity contribution in [2.24, 2.45) is 11.8 Å². The first-order valence-corrected chi connectivity index (χ1v) is 8.72. The van der Waals surface area contributed by atoms with Crippen molar-refractivity contribution in [3.05, 3.63) is 47.1 Å². The molecule has 3 rings (SSSR count). The number of hydrogen-bond donors (Lipinski definition) is 2. The monoisotopic (exact) mass is 360 g/mol. The summed E-state index contributed by atoms with van der Waals surface area (Å²) in [6.45, 7) is 11.0.